The highest BCUT2D eigenvalue weighted by Crippen LogP contribution is 2.44. The summed E-state index contributed by atoms with van der Waals surface area (Å²) < 4.78 is 35.4. The first-order valence-electron chi connectivity index (χ1n) is 11.2. The maximum atomic E-state index is 12.9. The number of aromatic nitrogens is 1. The number of pyridine rings is 1. The zero-order valence-corrected chi connectivity index (χ0v) is 18.4. The summed E-state index contributed by atoms with van der Waals surface area (Å²) >= 11 is 0. The van der Waals surface area contributed by atoms with E-state index in [-0.39, 0.29) is 29.5 Å². The number of sulfonamides is 1. The summed E-state index contributed by atoms with van der Waals surface area (Å²) in [6.45, 7) is 3.83. The van der Waals surface area contributed by atoms with E-state index in [4.69, 9.17) is 4.74 Å². The van der Waals surface area contributed by atoms with E-state index in [2.05, 4.69) is 4.72 Å². The molecule has 2 aliphatic carbocycles. The third-order valence-corrected chi connectivity index (χ3v) is 8.54. The Balaban J connectivity index is 1.50. The number of rotatable bonds is 7. The Labute approximate surface area is 174 Å². The van der Waals surface area contributed by atoms with Crippen molar-refractivity contribution < 1.29 is 13.2 Å². The fraction of sp³-hybridized carbons (Fsp3) is 0.773. The van der Waals surface area contributed by atoms with Crippen molar-refractivity contribution >= 4 is 10.0 Å². The average molecular weight is 423 g/mol. The van der Waals surface area contributed by atoms with Gasteiger partial charge in [-0.2, -0.15) is 0 Å². The zero-order chi connectivity index (χ0) is 20.6. The van der Waals surface area contributed by atoms with Crippen LogP contribution in [0.5, 0.6) is 0 Å². The molecule has 2 saturated carbocycles. The predicted molar refractivity (Wildman–Crippen MR) is 114 cm³/mol. The number of hydrogen-bond donors (Lipinski definition) is 1. The molecule has 6 nitrogen and oxygen atoms in total. The van der Waals surface area contributed by atoms with Gasteiger partial charge < -0.3 is 9.30 Å². The van der Waals surface area contributed by atoms with Gasteiger partial charge in [0.2, 0.25) is 10.0 Å². The van der Waals surface area contributed by atoms with Crippen molar-refractivity contribution in [1.29, 1.82) is 0 Å². The van der Waals surface area contributed by atoms with Gasteiger partial charge >= 0.3 is 0 Å². The number of aryl methyl sites for hydroxylation is 2. The smallest absolute Gasteiger partial charge is 0.254 e. The Morgan fingerprint density at radius 2 is 1.72 bits per heavy atom. The summed E-state index contributed by atoms with van der Waals surface area (Å²) in [5.41, 5.74) is 1.62. The molecule has 7 heteroatoms. The van der Waals surface area contributed by atoms with E-state index < -0.39 is 10.0 Å². The molecule has 0 spiro atoms. The Morgan fingerprint density at radius 3 is 2.34 bits per heavy atom. The molecule has 29 heavy (non-hydrogen) atoms. The zero-order valence-electron chi connectivity index (χ0n) is 17.6. The molecular formula is C22H34N2O4S. The minimum Gasteiger partial charge on any atom is -0.376 e. The predicted octanol–water partition coefficient (Wildman–Crippen LogP) is 2.94. The molecule has 2 heterocycles. The molecular weight excluding hydrogens is 388 g/mol. The van der Waals surface area contributed by atoms with Gasteiger partial charge in [0.05, 0.1) is 24.5 Å². The molecule has 0 aromatic carbocycles. The van der Waals surface area contributed by atoms with Crippen LogP contribution in [0.25, 0.3) is 0 Å². The summed E-state index contributed by atoms with van der Waals surface area (Å²) in [6.07, 6.45) is 9.03. The highest BCUT2D eigenvalue weighted by Gasteiger charge is 2.36. The van der Waals surface area contributed by atoms with E-state index in [1.165, 1.54) is 25.7 Å². The fourth-order valence-electron chi connectivity index (χ4n) is 5.11. The van der Waals surface area contributed by atoms with Crippen LogP contribution in [-0.2, 0) is 21.2 Å². The SMILES string of the molecule is CCS(=O)(=O)NC1CCc2ccc(C)c(=O)n2C1COC1CCC(C2CC2)CC1. The third kappa shape index (κ3) is 4.78. The third-order valence-electron chi connectivity index (χ3n) is 7.12. The molecule has 0 amide bonds. The van der Waals surface area contributed by atoms with Crippen LogP contribution in [0.4, 0.5) is 0 Å². The standard InChI is InChI=1S/C22H34N2O4S/c1-3-29(26,27)23-20-13-10-18-9-4-15(2)22(25)24(18)21(20)14-28-19-11-7-17(8-12-19)16-5-6-16/h4,9,16-17,19-21,23H,3,5-8,10-14H2,1-2H3. The van der Waals surface area contributed by atoms with Gasteiger partial charge in [-0.1, -0.05) is 6.07 Å². The van der Waals surface area contributed by atoms with E-state index in [1.807, 2.05) is 19.1 Å². The Bertz CT molecular complexity index is 883. The molecule has 4 rings (SSSR count). The molecule has 0 radical (unpaired) electrons. The number of fused-ring (bicyclic) bond motifs is 1. The highest BCUT2D eigenvalue weighted by atomic mass is 32.2. The quantitative estimate of drug-likeness (QED) is 0.733. The van der Waals surface area contributed by atoms with Gasteiger partial charge in [-0.05, 0) is 83.1 Å². The first-order chi connectivity index (χ1) is 13.9. The molecule has 1 aliphatic heterocycles. The van der Waals surface area contributed by atoms with Crippen molar-refractivity contribution in [1.82, 2.24) is 9.29 Å². The monoisotopic (exact) mass is 422 g/mol. The molecule has 2 atom stereocenters. The van der Waals surface area contributed by atoms with Crippen molar-refractivity contribution in [3.63, 3.8) is 0 Å². The molecule has 1 N–H and O–H groups in total. The maximum Gasteiger partial charge on any atom is 0.254 e. The lowest BCUT2D eigenvalue weighted by atomic mass is 9.84. The number of nitrogens with one attached hydrogen (secondary N) is 1. The average Bonchev–Trinajstić information content (AvgIpc) is 3.55. The van der Waals surface area contributed by atoms with Gasteiger partial charge in [-0.15, -0.1) is 0 Å². The van der Waals surface area contributed by atoms with Crippen molar-refractivity contribution in [2.45, 2.75) is 83.4 Å². The van der Waals surface area contributed by atoms with Gasteiger partial charge in [0.1, 0.15) is 0 Å². The molecule has 3 aliphatic rings. The van der Waals surface area contributed by atoms with Gasteiger partial charge in [0, 0.05) is 17.3 Å². The van der Waals surface area contributed by atoms with Gasteiger partial charge in [-0.25, -0.2) is 13.1 Å². The molecule has 0 saturated heterocycles. The van der Waals surface area contributed by atoms with Crippen LogP contribution < -0.4 is 10.3 Å². The van der Waals surface area contributed by atoms with Crippen LogP contribution in [0, 0.1) is 18.8 Å². The van der Waals surface area contributed by atoms with E-state index >= 15 is 0 Å². The van der Waals surface area contributed by atoms with Gasteiger partial charge in [0.25, 0.3) is 5.56 Å². The van der Waals surface area contributed by atoms with Crippen molar-refractivity contribution in [3.8, 4) is 0 Å². The van der Waals surface area contributed by atoms with E-state index in [0.717, 1.165) is 30.4 Å². The lowest BCUT2D eigenvalue weighted by Gasteiger charge is -2.37. The van der Waals surface area contributed by atoms with Crippen molar-refractivity contribution in [2.75, 3.05) is 12.4 Å². The summed E-state index contributed by atoms with van der Waals surface area (Å²) in [4.78, 5) is 12.9. The minimum absolute atomic E-state index is 0.0334. The van der Waals surface area contributed by atoms with E-state index in [9.17, 15) is 13.2 Å². The van der Waals surface area contributed by atoms with Gasteiger partial charge in [0.15, 0.2) is 0 Å². The van der Waals surface area contributed by atoms with Crippen LogP contribution in [0.1, 0.15) is 69.2 Å². The minimum atomic E-state index is -3.35. The second-order valence-corrected chi connectivity index (χ2v) is 11.2. The number of hydrogen-bond acceptors (Lipinski definition) is 4. The topological polar surface area (TPSA) is 77.4 Å². The number of nitrogens with zero attached hydrogens (tertiary/aromatic N) is 1. The lowest BCUT2D eigenvalue weighted by Crippen LogP contribution is -2.50. The molecule has 162 valence electrons. The second-order valence-electron chi connectivity index (χ2n) is 9.12. The molecule has 1 aromatic rings. The van der Waals surface area contributed by atoms with Crippen LogP contribution in [-0.4, -0.2) is 37.5 Å². The normalized spacial score (nSPS) is 30.1. The summed E-state index contributed by atoms with van der Waals surface area (Å²) in [5.74, 6) is 1.87. The van der Waals surface area contributed by atoms with Crippen LogP contribution in [0.15, 0.2) is 16.9 Å². The van der Waals surface area contributed by atoms with Crippen LogP contribution >= 0.6 is 0 Å². The Morgan fingerprint density at radius 1 is 1.07 bits per heavy atom. The van der Waals surface area contributed by atoms with Crippen LogP contribution in [0.2, 0.25) is 0 Å². The molecule has 0 bridgehead atoms. The maximum absolute atomic E-state index is 12.9. The van der Waals surface area contributed by atoms with Crippen LogP contribution in [0.3, 0.4) is 0 Å². The first kappa shape index (κ1) is 21.1. The Kier molecular flexibility index (Phi) is 6.19. The number of ether oxygens (including phenoxy) is 1. The van der Waals surface area contributed by atoms with E-state index in [1.54, 1.807) is 11.5 Å². The summed E-state index contributed by atoms with van der Waals surface area (Å²) in [7, 11) is -3.35. The second kappa shape index (κ2) is 8.52. The first-order valence-corrected chi connectivity index (χ1v) is 12.9. The Hall–Kier alpha value is -1.18. The molecule has 2 unspecified atom stereocenters. The molecule has 2 fully saturated rings. The lowest BCUT2D eigenvalue weighted by molar-refractivity contribution is -0.00838. The summed E-state index contributed by atoms with van der Waals surface area (Å²) in [5, 5.41) is 0. The molecule has 1 aromatic heterocycles. The van der Waals surface area contributed by atoms with Crippen molar-refractivity contribution in [3.05, 3.63) is 33.7 Å². The van der Waals surface area contributed by atoms with Gasteiger partial charge in [-0.3, -0.25) is 4.79 Å². The fourth-order valence-corrected chi connectivity index (χ4v) is 6.01. The largest absolute Gasteiger partial charge is 0.376 e. The van der Waals surface area contributed by atoms with Crippen molar-refractivity contribution in [2.24, 2.45) is 11.8 Å². The summed E-state index contributed by atoms with van der Waals surface area (Å²) in [6, 6.07) is 3.25. The van der Waals surface area contributed by atoms with E-state index in [0.29, 0.717) is 25.0 Å². The highest BCUT2D eigenvalue weighted by molar-refractivity contribution is 7.89.